The van der Waals surface area contributed by atoms with E-state index in [1.54, 1.807) is 0 Å². The second-order valence-electron chi connectivity index (χ2n) is 12.3. The van der Waals surface area contributed by atoms with Crippen molar-refractivity contribution in [3.05, 3.63) is 121 Å². The molecule has 0 unspecified atom stereocenters. The summed E-state index contributed by atoms with van der Waals surface area (Å²) in [5, 5.41) is 20.5. The van der Waals surface area contributed by atoms with Crippen LogP contribution in [0.3, 0.4) is 0 Å². The van der Waals surface area contributed by atoms with E-state index in [2.05, 4.69) is 9.47 Å². The molecule has 9 rings (SSSR count). The molecule has 14 nitrogen and oxygen atoms in total. The van der Waals surface area contributed by atoms with Gasteiger partial charge >= 0.3 is 26.2 Å². The van der Waals surface area contributed by atoms with Crippen molar-refractivity contribution >= 4 is 55.7 Å². The number of aromatic nitrogens is 8. The topological polar surface area (TPSA) is 199 Å². The average molecular weight is 836 g/mol. The standard InChI is InChI=1S/C32H16N8.2C5H8O3.Zr/c1-2-10-18-17(9-1)25-33-26(18)38-28-21-13-5-6-14-22(21)30(35-28)40-32-24-16-8-7-15-23(24)31(36-32)39-29-20-12-4-3-11-19(20)27(34-29)37-25;2*1-4(6)3-5(7)8-2;/h1-16H;2*3,7H,1-2H3;/q-2;;;+2. The van der Waals surface area contributed by atoms with E-state index >= 15 is 0 Å². The van der Waals surface area contributed by atoms with Crippen molar-refractivity contribution < 1.29 is 55.5 Å². The third-order valence-electron chi connectivity index (χ3n) is 8.40. The molecule has 0 saturated heterocycles. The second kappa shape index (κ2) is 17.3. The van der Waals surface area contributed by atoms with Gasteiger partial charge in [-0.1, -0.05) is 97.1 Å². The molecule has 15 heteroatoms. The summed E-state index contributed by atoms with van der Waals surface area (Å²) < 4.78 is 8.51. The van der Waals surface area contributed by atoms with E-state index in [0.29, 0.717) is 45.9 Å². The van der Waals surface area contributed by atoms with Gasteiger partial charge in [0.15, 0.2) is 11.6 Å². The van der Waals surface area contributed by atoms with Crippen molar-refractivity contribution in [3.63, 3.8) is 0 Å². The number of ketones is 2. The summed E-state index contributed by atoms with van der Waals surface area (Å²) >= 11 is 0. The van der Waals surface area contributed by atoms with Crippen LogP contribution in [-0.4, -0.2) is 65.9 Å². The van der Waals surface area contributed by atoms with Crippen LogP contribution in [0, 0.1) is 0 Å². The SMILES string of the molecule is COC(O)=CC(C)=O.COC(O)=CC(C)=O.[Zr+2].c1ccc2c(c1)-c1nc-2nc2[n-]c(nc3nc(nc4[n-]c(n1)c1ccccc41)-c1ccccc1-3)c1ccccc21. The summed E-state index contributed by atoms with van der Waals surface area (Å²) in [5.74, 6) is 1.04. The molecule has 0 saturated carbocycles. The minimum absolute atomic E-state index is 0. The van der Waals surface area contributed by atoms with Crippen LogP contribution in [0.4, 0.5) is 0 Å². The molecule has 0 amide bonds. The van der Waals surface area contributed by atoms with Gasteiger partial charge < -0.3 is 49.6 Å². The van der Waals surface area contributed by atoms with Crippen LogP contribution in [0.15, 0.2) is 121 Å². The van der Waals surface area contributed by atoms with E-state index in [1.807, 2.05) is 97.1 Å². The molecule has 0 spiro atoms. The Morgan fingerprint density at radius 3 is 0.930 bits per heavy atom. The van der Waals surface area contributed by atoms with Crippen molar-refractivity contribution in [3.8, 4) is 45.6 Å². The summed E-state index contributed by atoms with van der Waals surface area (Å²) in [7, 11) is 2.57. The monoisotopic (exact) mass is 834 g/mol. The number of carbonyl (C=O) groups is 2. The molecular weight excluding hydrogens is 804 g/mol. The molecule has 0 atom stereocenters. The Kier molecular flexibility index (Phi) is 12.1. The first-order valence-electron chi connectivity index (χ1n) is 17.1. The summed E-state index contributed by atoms with van der Waals surface area (Å²) in [6.45, 7) is 2.66. The number of allylic oxidation sites excluding steroid dienone is 2. The molecule has 280 valence electrons. The number of hydrogen-bond donors (Lipinski definition) is 2. The maximum Gasteiger partial charge on any atom is 2.00 e. The number of hydrogen-bond acceptors (Lipinski definition) is 12. The molecule has 4 aromatic carbocycles. The predicted octanol–water partition coefficient (Wildman–Crippen LogP) is 7.37. The number of carbonyl (C=O) groups excluding carboxylic acids is 2. The fourth-order valence-electron chi connectivity index (χ4n) is 5.92. The van der Waals surface area contributed by atoms with Crippen molar-refractivity contribution in [2.45, 2.75) is 13.8 Å². The number of nitrogens with zero attached hydrogens (tertiary/aromatic N) is 8. The van der Waals surface area contributed by atoms with Crippen molar-refractivity contribution in [1.29, 1.82) is 0 Å². The maximum absolute atomic E-state index is 10.1. The van der Waals surface area contributed by atoms with Gasteiger partial charge in [0.2, 0.25) is 0 Å². The third kappa shape index (κ3) is 8.53. The molecule has 0 radical (unpaired) electrons. The van der Waals surface area contributed by atoms with E-state index in [9.17, 15) is 9.59 Å². The quantitative estimate of drug-likeness (QED) is 0.132. The Labute approximate surface area is 344 Å². The Balaban J connectivity index is 0.000000275. The number of aliphatic hydroxyl groups excluding tert-OH is 2. The first-order chi connectivity index (χ1) is 27.1. The summed E-state index contributed by atoms with van der Waals surface area (Å²) in [4.78, 5) is 59.5. The number of aliphatic hydroxyl groups is 2. The molecule has 2 aliphatic heterocycles. The van der Waals surface area contributed by atoms with E-state index < -0.39 is 0 Å². The zero-order valence-corrected chi connectivity index (χ0v) is 33.5. The number of rotatable bonds is 4. The molecule has 5 heterocycles. The third-order valence-corrected chi connectivity index (χ3v) is 8.40. The number of methoxy groups -OCH3 is 2. The molecule has 8 bridgehead atoms. The van der Waals surface area contributed by atoms with Gasteiger partial charge in [0, 0.05) is 44.8 Å². The normalized spacial score (nSPS) is 11.5. The summed E-state index contributed by atoms with van der Waals surface area (Å²) in [6, 6.07) is 31.8. The van der Waals surface area contributed by atoms with E-state index in [-0.39, 0.29) is 49.7 Å². The van der Waals surface area contributed by atoms with E-state index in [0.717, 1.165) is 56.0 Å². The van der Waals surface area contributed by atoms with Gasteiger partial charge in [-0.05, 0) is 35.4 Å². The fraction of sp³-hybridized carbons (Fsp3) is 0.0952. The fourth-order valence-corrected chi connectivity index (χ4v) is 5.92. The largest absolute Gasteiger partial charge is 2.00 e. The molecule has 0 fully saturated rings. The molecule has 0 aliphatic carbocycles. The van der Waals surface area contributed by atoms with Crippen LogP contribution < -0.4 is 9.97 Å². The first-order valence-corrected chi connectivity index (χ1v) is 17.1. The van der Waals surface area contributed by atoms with Crippen LogP contribution in [0.5, 0.6) is 0 Å². The minimum Gasteiger partial charge on any atom is -0.481 e. The molecule has 2 N–H and O–H groups in total. The van der Waals surface area contributed by atoms with E-state index in [4.69, 9.17) is 50.1 Å². The van der Waals surface area contributed by atoms with Gasteiger partial charge in [-0.2, -0.15) is 0 Å². The molecular formula is C42H32N8O6Zr. The predicted molar refractivity (Wildman–Crippen MR) is 211 cm³/mol. The Morgan fingerprint density at radius 1 is 0.474 bits per heavy atom. The van der Waals surface area contributed by atoms with Gasteiger partial charge in [-0.15, -0.1) is 0 Å². The maximum atomic E-state index is 10.1. The summed E-state index contributed by atoms with van der Waals surface area (Å²) in [6.07, 6.45) is 2.00. The van der Waals surface area contributed by atoms with Crippen molar-refractivity contribution in [1.82, 2.24) is 39.9 Å². The summed E-state index contributed by atoms with van der Waals surface area (Å²) in [5.41, 5.74) is 5.78. The zero-order valence-electron chi connectivity index (χ0n) is 31.0. The minimum atomic E-state index is -0.350. The van der Waals surface area contributed by atoms with Crippen LogP contribution >= 0.6 is 0 Å². The van der Waals surface area contributed by atoms with Gasteiger partial charge in [0.05, 0.1) is 49.7 Å². The van der Waals surface area contributed by atoms with Crippen molar-refractivity contribution in [2.24, 2.45) is 0 Å². The average Bonchev–Trinajstić information content (AvgIpc) is 3.94. The molecule has 57 heavy (non-hydrogen) atoms. The Morgan fingerprint density at radius 2 is 0.719 bits per heavy atom. The van der Waals surface area contributed by atoms with Crippen molar-refractivity contribution in [2.75, 3.05) is 14.2 Å². The molecule has 3 aromatic heterocycles. The van der Waals surface area contributed by atoms with Gasteiger partial charge in [-0.25, -0.2) is 9.97 Å². The number of benzene rings is 4. The Hall–Kier alpha value is -6.86. The van der Waals surface area contributed by atoms with Gasteiger partial charge in [0.1, 0.15) is 0 Å². The number of ether oxygens (including phenoxy) is 2. The first kappa shape index (κ1) is 39.8. The van der Waals surface area contributed by atoms with Gasteiger partial charge in [0.25, 0.3) is 11.9 Å². The van der Waals surface area contributed by atoms with E-state index in [1.165, 1.54) is 28.1 Å². The zero-order chi connectivity index (χ0) is 39.3. The van der Waals surface area contributed by atoms with Gasteiger partial charge in [-0.3, -0.25) is 9.59 Å². The van der Waals surface area contributed by atoms with Crippen LogP contribution in [0.2, 0.25) is 0 Å². The van der Waals surface area contributed by atoms with Crippen LogP contribution in [0.1, 0.15) is 13.8 Å². The van der Waals surface area contributed by atoms with Crippen LogP contribution in [-0.2, 0) is 45.3 Å². The molecule has 2 aliphatic rings. The molecule has 7 aromatic rings. The smallest absolute Gasteiger partial charge is 0.481 e. The number of fused-ring (bicyclic) bond motifs is 20. The second-order valence-corrected chi connectivity index (χ2v) is 12.3. The Bertz CT molecular complexity index is 2550. The van der Waals surface area contributed by atoms with Crippen LogP contribution in [0.25, 0.3) is 89.7 Å².